The maximum absolute atomic E-state index is 12.1. The van der Waals surface area contributed by atoms with E-state index in [1.807, 2.05) is 30.3 Å². The first-order valence-electron chi connectivity index (χ1n) is 11.3. The molecule has 35 heavy (non-hydrogen) atoms. The van der Waals surface area contributed by atoms with Gasteiger partial charge in [-0.05, 0) is 28.5 Å². The van der Waals surface area contributed by atoms with Gasteiger partial charge in [0.25, 0.3) is 0 Å². The van der Waals surface area contributed by atoms with Gasteiger partial charge in [0.2, 0.25) is 5.91 Å². The van der Waals surface area contributed by atoms with Crippen molar-refractivity contribution in [2.24, 2.45) is 0 Å². The largest absolute Gasteiger partial charge is 0.490 e. The molecule has 3 aromatic carbocycles. The van der Waals surface area contributed by atoms with Gasteiger partial charge in [-0.2, -0.15) is 13.2 Å². The Hall–Kier alpha value is -3.43. The summed E-state index contributed by atoms with van der Waals surface area (Å²) in [5, 5.41) is 12.7. The van der Waals surface area contributed by atoms with Crippen molar-refractivity contribution in [3.63, 3.8) is 0 Å². The number of piperazine rings is 1. The number of halogens is 3. The minimum Gasteiger partial charge on any atom is -0.475 e. The number of alkyl halides is 3. The molecule has 1 fully saturated rings. The van der Waals surface area contributed by atoms with Crippen LogP contribution in [0.25, 0.3) is 10.8 Å². The number of nitrogens with zero attached hydrogens (tertiary/aromatic N) is 2. The second-order valence-corrected chi connectivity index (χ2v) is 8.22. The predicted molar refractivity (Wildman–Crippen MR) is 129 cm³/mol. The highest BCUT2D eigenvalue weighted by atomic mass is 19.4. The smallest absolute Gasteiger partial charge is 0.475 e. The van der Waals surface area contributed by atoms with E-state index in [4.69, 9.17) is 9.90 Å². The number of benzene rings is 3. The molecule has 0 saturated carbocycles. The number of nitrogens with one attached hydrogen (secondary N) is 1. The van der Waals surface area contributed by atoms with Crippen LogP contribution >= 0.6 is 0 Å². The van der Waals surface area contributed by atoms with E-state index < -0.39 is 12.1 Å². The van der Waals surface area contributed by atoms with Gasteiger partial charge < -0.3 is 15.3 Å². The molecule has 4 rings (SSSR count). The van der Waals surface area contributed by atoms with E-state index in [2.05, 4.69) is 57.6 Å². The van der Waals surface area contributed by atoms with Crippen LogP contribution in [0.3, 0.4) is 0 Å². The van der Waals surface area contributed by atoms with Crippen molar-refractivity contribution in [1.29, 1.82) is 0 Å². The molecule has 6 nitrogen and oxygen atoms in total. The summed E-state index contributed by atoms with van der Waals surface area (Å²) in [6.45, 7) is 5.93. The lowest BCUT2D eigenvalue weighted by atomic mass is 10.0. The minimum atomic E-state index is -5.08. The van der Waals surface area contributed by atoms with Crippen molar-refractivity contribution in [3.8, 4) is 0 Å². The lowest BCUT2D eigenvalue weighted by Gasteiger charge is -2.34. The quantitative estimate of drug-likeness (QED) is 0.531. The summed E-state index contributed by atoms with van der Waals surface area (Å²) in [4.78, 5) is 25.9. The fraction of sp³-hybridized carbons (Fsp3) is 0.308. The molecular formula is C26H28F3N3O3. The van der Waals surface area contributed by atoms with Crippen LogP contribution in [0, 0.1) is 0 Å². The summed E-state index contributed by atoms with van der Waals surface area (Å²) in [5.41, 5.74) is 2.26. The molecule has 9 heteroatoms. The van der Waals surface area contributed by atoms with Crippen LogP contribution in [-0.2, 0) is 16.1 Å². The zero-order valence-electron chi connectivity index (χ0n) is 19.2. The summed E-state index contributed by atoms with van der Waals surface area (Å²) < 4.78 is 31.7. The van der Waals surface area contributed by atoms with Gasteiger partial charge in [-0.3, -0.25) is 9.69 Å². The Morgan fingerprint density at radius 2 is 1.40 bits per heavy atom. The maximum atomic E-state index is 12.1. The van der Waals surface area contributed by atoms with E-state index in [0.717, 1.165) is 45.0 Å². The molecule has 1 heterocycles. The van der Waals surface area contributed by atoms with E-state index in [-0.39, 0.29) is 5.91 Å². The minimum absolute atomic E-state index is 0.0874. The van der Waals surface area contributed by atoms with Crippen LogP contribution in [0.4, 0.5) is 18.9 Å². The summed E-state index contributed by atoms with van der Waals surface area (Å²) in [6, 6.07) is 24.8. The second kappa shape index (κ2) is 12.3. The molecule has 186 valence electrons. The highest BCUT2D eigenvalue weighted by molar-refractivity contribution is 5.90. The van der Waals surface area contributed by atoms with Crippen molar-refractivity contribution >= 4 is 28.3 Å². The van der Waals surface area contributed by atoms with Crippen molar-refractivity contribution < 1.29 is 27.9 Å². The number of para-hydroxylation sites is 1. The number of carboxylic acids is 1. The Morgan fingerprint density at radius 1 is 0.829 bits per heavy atom. The second-order valence-electron chi connectivity index (χ2n) is 8.22. The third kappa shape index (κ3) is 8.38. The third-order valence-electron chi connectivity index (χ3n) is 5.69. The van der Waals surface area contributed by atoms with Gasteiger partial charge in [0.05, 0.1) is 0 Å². The van der Waals surface area contributed by atoms with Crippen LogP contribution in [-0.4, -0.2) is 65.7 Å². The molecule has 0 radical (unpaired) electrons. The number of carbonyl (C=O) groups excluding carboxylic acids is 1. The number of fused-ring (bicyclic) bond motifs is 1. The molecule has 0 atom stereocenters. The summed E-state index contributed by atoms with van der Waals surface area (Å²) >= 11 is 0. The maximum Gasteiger partial charge on any atom is 0.490 e. The monoisotopic (exact) mass is 487 g/mol. The van der Waals surface area contributed by atoms with E-state index >= 15 is 0 Å². The van der Waals surface area contributed by atoms with Crippen LogP contribution < -0.4 is 5.32 Å². The number of carbonyl (C=O) groups is 2. The highest BCUT2D eigenvalue weighted by Gasteiger charge is 2.38. The molecule has 1 saturated heterocycles. The average molecular weight is 488 g/mol. The molecule has 0 spiro atoms. The molecule has 1 aliphatic heterocycles. The zero-order valence-corrected chi connectivity index (χ0v) is 19.2. The summed E-state index contributed by atoms with van der Waals surface area (Å²) in [6.07, 6.45) is -4.54. The van der Waals surface area contributed by atoms with Crippen LogP contribution in [0.2, 0.25) is 0 Å². The van der Waals surface area contributed by atoms with E-state index in [1.54, 1.807) is 0 Å². The van der Waals surface area contributed by atoms with Crippen molar-refractivity contribution in [3.05, 3.63) is 78.4 Å². The molecule has 0 bridgehead atoms. The van der Waals surface area contributed by atoms with Gasteiger partial charge in [0.1, 0.15) is 0 Å². The van der Waals surface area contributed by atoms with Crippen LogP contribution in [0.1, 0.15) is 12.0 Å². The van der Waals surface area contributed by atoms with Crippen molar-refractivity contribution in [2.75, 3.05) is 38.0 Å². The van der Waals surface area contributed by atoms with E-state index in [9.17, 15) is 18.0 Å². The molecule has 0 aromatic heterocycles. The number of carboxylic acid groups (broad SMARTS) is 1. The fourth-order valence-corrected chi connectivity index (χ4v) is 3.85. The van der Waals surface area contributed by atoms with E-state index in [0.29, 0.717) is 6.42 Å². The van der Waals surface area contributed by atoms with Gasteiger partial charge in [-0.15, -0.1) is 0 Å². The molecule has 1 aliphatic rings. The third-order valence-corrected chi connectivity index (χ3v) is 5.69. The molecule has 0 unspecified atom stereocenters. The Bertz CT molecular complexity index is 1110. The predicted octanol–water partition coefficient (Wildman–Crippen LogP) is 4.62. The number of rotatable bonds is 6. The van der Waals surface area contributed by atoms with Crippen LogP contribution in [0.15, 0.2) is 72.8 Å². The normalized spacial score (nSPS) is 14.7. The first kappa shape index (κ1) is 26.2. The standard InChI is InChI=1S/C24H27N3O.C2HF3O2/c28-24(25-22-10-2-1-3-11-22)13-14-26-15-17-27(18-16-26)19-21-9-6-8-20-7-4-5-12-23(20)21;3-2(4,5)1(6)7/h1-12H,13-19H2,(H,25,28);(H,6,7). The summed E-state index contributed by atoms with van der Waals surface area (Å²) in [7, 11) is 0. The van der Waals surface area contributed by atoms with E-state index in [1.165, 1.54) is 16.3 Å². The fourth-order valence-electron chi connectivity index (χ4n) is 3.85. The number of hydrogen-bond donors (Lipinski definition) is 2. The van der Waals surface area contributed by atoms with Gasteiger partial charge in [-0.1, -0.05) is 60.7 Å². The Kier molecular flexibility index (Phi) is 9.22. The number of amides is 1. The number of aliphatic carboxylic acids is 1. The Morgan fingerprint density at radius 3 is 2.06 bits per heavy atom. The Balaban J connectivity index is 0.000000429. The Labute approximate surface area is 202 Å². The van der Waals surface area contributed by atoms with Crippen LogP contribution in [0.5, 0.6) is 0 Å². The molecule has 0 aliphatic carbocycles. The summed E-state index contributed by atoms with van der Waals surface area (Å²) in [5.74, 6) is -2.67. The highest BCUT2D eigenvalue weighted by Crippen LogP contribution is 2.20. The van der Waals surface area contributed by atoms with Gasteiger partial charge in [-0.25, -0.2) is 4.79 Å². The molecule has 1 amide bonds. The van der Waals surface area contributed by atoms with Gasteiger partial charge in [0.15, 0.2) is 0 Å². The van der Waals surface area contributed by atoms with Crippen molar-refractivity contribution in [1.82, 2.24) is 9.80 Å². The topological polar surface area (TPSA) is 72.9 Å². The first-order valence-corrected chi connectivity index (χ1v) is 11.3. The first-order chi connectivity index (χ1) is 16.7. The average Bonchev–Trinajstić information content (AvgIpc) is 2.84. The van der Waals surface area contributed by atoms with Gasteiger partial charge >= 0.3 is 12.1 Å². The number of hydrogen-bond acceptors (Lipinski definition) is 4. The van der Waals surface area contributed by atoms with Crippen molar-refractivity contribution in [2.45, 2.75) is 19.1 Å². The molecule has 3 aromatic rings. The lowest BCUT2D eigenvalue weighted by Crippen LogP contribution is -2.46. The lowest BCUT2D eigenvalue weighted by molar-refractivity contribution is -0.192. The SMILES string of the molecule is O=C(CCN1CCN(Cc2cccc3ccccc23)CC1)Nc1ccccc1.O=C(O)C(F)(F)F. The number of anilines is 1. The van der Waals surface area contributed by atoms with Gasteiger partial charge in [0, 0.05) is 51.4 Å². The molecular weight excluding hydrogens is 459 g/mol. The zero-order chi connectivity index (χ0) is 25.3. The molecule has 2 N–H and O–H groups in total.